The third-order valence-electron chi connectivity index (χ3n) is 2.76. The van der Waals surface area contributed by atoms with Crippen molar-refractivity contribution in [3.8, 4) is 0 Å². The van der Waals surface area contributed by atoms with Gasteiger partial charge in [0.25, 0.3) is 0 Å². The van der Waals surface area contributed by atoms with Crippen LogP contribution in [0.4, 0.5) is 10.2 Å². The molecule has 0 spiro atoms. The monoisotopic (exact) mass is 302 g/mol. The maximum Gasteiger partial charge on any atom is 0.249 e. The first-order valence-corrected chi connectivity index (χ1v) is 6.59. The first kappa shape index (κ1) is 15.4. The summed E-state index contributed by atoms with van der Waals surface area (Å²) in [6.07, 6.45) is 4.60. The van der Waals surface area contributed by atoms with Crippen LogP contribution in [0.2, 0.25) is 0 Å². The van der Waals surface area contributed by atoms with Crippen LogP contribution in [0.15, 0.2) is 42.6 Å². The van der Waals surface area contributed by atoms with E-state index in [0.29, 0.717) is 17.9 Å². The molecule has 0 saturated heterocycles. The standard InChI is InChI=1S/C15H15FN4O2/c16-12-3-1-2-11(10-12)4-5-15(22)18-14-7-9-20(19-14)8-6-13(17)21/h1-5,7,9-10H,6,8H2,(H2,17,21)(H,18,19,22). The Morgan fingerprint density at radius 3 is 2.91 bits per heavy atom. The molecule has 1 aromatic heterocycles. The normalized spacial score (nSPS) is 10.8. The lowest BCUT2D eigenvalue weighted by atomic mass is 10.2. The number of benzene rings is 1. The Balaban J connectivity index is 1.90. The highest BCUT2D eigenvalue weighted by atomic mass is 19.1. The lowest BCUT2D eigenvalue weighted by Crippen LogP contribution is -2.14. The zero-order valence-electron chi connectivity index (χ0n) is 11.7. The molecule has 0 aliphatic rings. The van der Waals surface area contributed by atoms with Crippen molar-refractivity contribution in [1.82, 2.24) is 9.78 Å². The van der Waals surface area contributed by atoms with Crippen molar-refractivity contribution in [2.24, 2.45) is 5.73 Å². The molecule has 7 heteroatoms. The summed E-state index contributed by atoms with van der Waals surface area (Å²) in [5, 5.41) is 6.64. The van der Waals surface area contributed by atoms with Gasteiger partial charge in [-0.15, -0.1) is 0 Å². The number of carbonyl (C=O) groups is 2. The van der Waals surface area contributed by atoms with Crippen LogP contribution < -0.4 is 11.1 Å². The molecule has 114 valence electrons. The van der Waals surface area contributed by atoms with E-state index in [1.807, 2.05) is 0 Å². The largest absolute Gasteiger partial charge is 0.370 e. The number of primary amides is 1. The summed E-state index contributed by atoms with van der Waals surface area (Å²) in [4.78, 5) is 22.4. The first-order chi connectivity index (χ1) is 10.5. The Morgan fingerprint density at radius 2 is 2.18 bits per heavy atom. The minimum absolute atomic E-state index is 0.175. The van der Waals surface area contributed by atoms with E-state index in [-0.39, 0.29) is 18.1 Å². The van der Waals surface area contributed by atoms with Gasteiger partial charge in [-0.05, 0) is 23.8 Å². The van der Waals surface area contributed by atoms with Crippen LogP contribution in [0, 0.1) is 5.82 Å². The summed E-state index contributed by atoms with van der Waals surface area (Å²) in [5.74, 6) is -0.808. The lowest BCUT2D eigenvalue weighted by molar-refractivity contribution is -0.118. The zero-order valence-corrected chi connectivity index (χ0v) is 11.7. The van der Waals surface area contributed by atoms with E-state index in [1.165, 1.54) is 29.0 Å². The number of carbonyl (C=O) groups excluding carboxylic acids is 2. The molecule has 2 amide bonds. The third kappa shape index (κ3) is 4.86. The van der Waals surface area contributed by atoms with E-state index in [4.69, 9.17) is 5.73 Å². The summed E-state index contributed by atoms with van der Waals surface area (Å²) in [6, 6.07) is 7.51. The minimum atomic E-state index is -0.417. The number of rotatable bonds is 6. The number of nitrogens with zero attached hydrogens (tertiary/aromatic N) is 2. The maximum atomic E-state index is 13.0. The summed E-state index contributed by atoms with van der Waals surface area (Å²) < 4.78 is 14.5. The topological polar surface area (TPSA) is 90.0 Å². The zero-order chi connectivity index (χ0) is 15.9. The van der Waals surface area contributed by atoms with E-state index in [9.17, 15) is 14.0 Å². The molecule has 3 N–H and O–H groups in total. The fraction of sp³-hybridized carbons (Fsp3) is 0.133. The van der Waals surface area contributed by atoms with Crippen LogP contribution in [0.3, 0.4) is 0 Å². The number of halogens is 1. The molecule has 0 bridgehead atoms. The van der Waals surface area contributed by atoms with Crippen molar-refractivity contribution in [2.75, 3.05) is 5.32 Å². The van der Waals surface area contributed by atoms with Gasteiger partial charge in [-0.3, -0.25) is 14.3 Å². The number of hydrogen-bond acceptors (Lipinski definition) is 3. The van der Waals surface area contributed by atoms with Crippen molar-refractivity contribution in [2.45, 2.75) is 13.0 Å². The predicted octanol–water partition coefficient (Wildman–Crippen LogP) is 1.55. The third-order valence-corrected chi connectivity index (χ3v) is 2.76. The highest BCUT2D eigenvalue weighted by Crippen LogP contribution is 2.07. The molecule has 22 heavy (non-hydrogen) atoms. The fourth-order valence-electron chi connectivity index (χ4n) is 1.73. The van der Waals surface area contributed by atoms with Gasteiger partial charge in [0.1, 0.15) is 5.82 Å². The highest BCUT2D eigenvalue weighted by molar-refractivity contribution is 6.01. The molecule has 0 fully saturated rings. The van der Waals surface area contributed by atoms with Crippen LogP contribution in [0.25, 0.3) is 6.08 Å². The minimum Gasteiger partial charge on any atom is -0.370 e. The SMILES string of the molecule is NC(=O)CCn1ccc(NC(=O)C=Cc2cccc(F)c2)n1. The average Bonchev–Trinajstić information content (AvgIpc) is 2.90. The van der Waals surface area contributed by atoms with Gasteiger partial charge in [0.05, 0.1) is 0 Å². The number of anilines is 1. The average molecular weight is 302 g/mol. The molecule has 6 nitrogen and oxygen atoms in total. The van der Waals surface area contributed by atoms with Crippen LogP contribution in [-0.4, -0.2) is 21.6 Å². The number of nitrogens with two attached hydrogens (primary N) is 1. The van der Waals surface area contributed by atoms with E-state index >= 15 is 0 Å². The smallest absolute Gasteiger partial charge is 0.249 e. The van der Waals surface area contributed by atoms with Crippen LogP contribution in [-0.2, 0) is 16.1 Å². The Bertz CT molecular complexity index is 709. The molecular weight excluding hydrogens is 287 g/mol. The molecule has 1 heterocycles. The molecule has 0 atom stereocenters. The Morgan fingerprint density at radius 1 is 1.36 bits per heavy atom. The van der Waals surface area contributed by atoms with E-state index in [1.54, 1.807) is 24.4 Å². The first-order valence-electron chi connectivity index (χ1n) is 6.59. The molecule has 0 unspecified atom stereocenters. The Hall–Kier alpha value is -2.96. The van der Waals surface area contributed by atoms with Gasteiger partial charge in [-0.25, -0.2) is 4.39 Å². The highest BCUT2D eigenvalue weighted by Gasteiger charge is 2.03. The molecule has 0 radical (unpaired) electrons. The van der Waals surface area contributed by atoms with Crippen molar-refractivity contribution >= 4 is 23.7 Å². The van der Waals surface area contributed by atoms with Gasteiger partial charge in [0.2, 0.25) is 11.8 Å². The van der Waals surface area contributed by atoms with Crippen LogP contribution in [0.1, 0.15) is 12.0 Å². The number of amides is 2. The maximum absolute atomic E-state index is 13.0. The second kappa shape index (κ2) is 7.16. The summed E-state index contributed by atoms with van der Waals surface area (Å²) in [6.45, 7) is 0.352. The molecule has 2 rings (SSSR count). The van der Waals surface area contributed by atoms with Crippen LogP contribution >= 0.6 is 0 Å². The predicted molar refractivity (Wildman–Crippen MR) is 80.1 cm³/mol. The second-order valence-electron chi connectivity index (χ2n) is 4.56. The van der Waals surface area contributed by atoms with Gasteiger partial charge < -0.3 is 11.1 Å². The van der Waals surface area contributed by atoms with Crippen LogP contribution in [0.5, 0.6) is 0 Å². The van der Waals surface area contributed by atoms with E-state index in [0.717, 1.165) is 0 Å². The van der Waals surface area contributed by atoms with Gasteiger partial charge in [0.15, 0.2) is 5.82 Å². The van der Waals surface area contributed by atoms with Gasteiger partial charge in [-0.2, -0.15) is 5.10 Å². The summed E-state index contributed by atoms with van der Waals surface area (Å²) in [5.41, 5.74) is 5.63. The fourth-order valence-corrected chi connectivity index (χ4v) is 1.73. The molecule has 1 aromatic carbocycles. The Kier molecular flexibility index (Phi) is 5.02. The second-order valence-corrected chi connectivity index (χ2v) is 4.56. The molecule has 0 aliphatic heterocycles. The summed E-state index contributed by atoms with van der Waals surface area (Å²) in [7, 11) is 0. The van der Waals surface area contributed by atoms with Crippen molar-refractivity contribution in [3.63, 3.8) is 0 Å². The molecule has 2 aromatic rings. The molecule has 0 aliphatic carbocycles. The van der Waals surface area contributed by atoms with Crippen molar-refractivity contribution in [3.05, 3.63) is 54.0 Å². The van der Waals surface area contributed by atoms with Gasteiger partial charge in [-0.1, -0.05) is 12.1 Å². The molecule has 0 saturated carbocycles. The van der Waals surface area contributed by atoms with E-state index < -0.39 is 5.91 Å². The number of hydrogen-bond donors (Lipinski definition) is 2. The van der Waals surface area contributed by atoms with Gasteiger partial charge in [0, 0.05) is 31.3 Å². The van der Waals surface area contributed by atoms with Gasteiger partial charge >= 0.3 is 0 Å². The molecular formula is C15H15FN4O2. The van der Waals surface area contributed by atoms with Crippen molar-refractivity contribution < 1.29 is 14.0 Å². The number of aryl methyl sites for hydroxylation is 1. The lowest BCUT2D eigenvalue weighted by Gasteiger charge is -1.99. The van der Waals surface area contributed by atoms with Crippen molar-refractivity contribution in [1.29, 1.82) is 0 Å². The number of nitrogens with one attached hydrogen (secondary N) is 1. The quantitative estimate of drug-likeness (QED) is 0.793. The van der Waals surface area contributed by atoms with E-state index in [2.05, 4.69) is 10.4 Å². The summed E-state index contributed by atoms with van der Waals surface area (Å²) >= 11 is 0. The number of aromatic nitrogens is 2. The Labute approximate surface area is 126 Å².